The average molecular weight is 259 g/mol. The molecule has 4 heteroatoms. The second kappa shape index (κ2) is 4.46. The normalized spacial score (nSPS) is 20.8. The molecule has 1 heterocycles. The van der Waals surface area contributed by atoms with Crippen LogP contribution in [0.25, 0.3) is 6.08 Å². The standard InChI is InChI=1S/C15H17NO3/c17-14(18)11-4-7-16-13-9-10(8-12(11)13)15(19)5-2-1-3-6-15/h4,7,9,19H,1-3,5-6,8H2,(H,17,18). The molecule has 0 spiro atoms. The van der Waals surface area contributed by atoms with Crippen LogP contribution >= 0.6 is 0 Å². The van der Waals surface area contributed by atoms with Gasteiger partial charge in [0.1, 0.15) is 0 Å². The summed E-state index contributed by atoms with van der Waals surface area (Å²) in [5.74, 6) is -0.927. The molecule has 1 fully saturated rings. The summed E-state index contributed by atoms with van der Waals surface area (Å²) in [6.07, 6.45) is 8.69. The van der Waals surface area contributed by atoms with Gasteiger partial charge >= 0.3 is 5.97 Å². The maximum atomic E-state index is 11.2. The van der Waals surface area contributed by atoms with Crippen LogP contribution in [0.3, 0.4) is 0 Å². The second-order valence-electron chi connectivity index (χ2n) is 5.47. The van der Waals surface area contributed by atoms with Crippen LogP contribution in [0.4, 0.5) is 0 Å². The Kier molecular flexibility index (Phi) is 2.90. The van der Waals surface area contributed by atoms with Gasteiger partial charge in [0.15, 0.2) is 0 Å². The van der Waals surface area contributed by atoms with Gasteiger partial charge in [0.25, 0.3) is 0 Å². The number of pyridine rings is 1. The van der Waals surface area contributed by atoms with Gasteiger partial charge in [-0.3, -0.25) is 4.98 Å². The highest BCUT2D eigenvalue weighted by Crippen LogP contribution is 2.40. The minimum Gasteiger partial charge on any atom is -0.478 e. The molecule has 0 radical (unpaired) electrons. The Morgan fingerprint density at radius 3 is 2.68 bits per heavy atom. The Morgan fingerprint density at radius 2 is 2.00 bits per heavy atom. The van der Waals surface area contributed by atoms with E-state index in [0.29, 0.717) is 17.7 Å². The third-order valence-corrected chi connectivity index (χ3v) is 4.28. The fourth-order valence-corrected chi connectivity index (χ4v) is 3.18. The number of hydrogen-bond acceptors (Lipinski definition) is 3. The number of aromatic nitrogens is 1. The number of carbonyl (C=O) groups is 1. The number of aliphatic hydroxyl groups is 1. The maximum Gasteiger partial charge on any atom is 0.336 e. The lowest BCUT2D eigenvalue weighted by Gasteiger charge is -2.33. The monoisotopic (exact) mass is 259 g/mol. The number of rotatable bonds is 2. The molecule has 1 aromatic heterocycles. The zero-order valence-electron chi connectivity index (χ0n) is 10.7. The number of fused-ring (bicyclic) bond motifs is 1. The predicted molar refractivity (Wildman–Crippen MR) is 70.9 cm³/mol. The van der Waals surface area contributed by atoms with E-state index >= 15 is 0 Å². The molecule has 3 rings (SSSR count). The Bertz CT molecular complexity index is 557. The van der Waals surface area contributed by atoms with E-state index in [0.717, 1.165) is 36.8 Å². The summed E-state index contributed by atoms with van der Waals surface area (Å²) in [6.45, 7) is 0. The van der Waals surface area contributed by atoms with Crippen molar-refractivity contribution in [2.75, 3.05) is 0 Å². The van der Waals surface area contributed by atoms with Gasteiger partial charge in [-0.2, -0.15) is 0 Å². The topological polar surface area (TPSA) is 70.4 Å². The highest BCUT2D eigenvalue weighted by Gasteiger charge is 2.36. The van der Waals surface area contributed by atoms with Crippen molar-refractivity contribution >= 4 is 12.0 Å². The number of hydrogen-bond donors (Lipinski definition) is 2. The first-order valence-electron chi connectivity index (χ1n) is 6.75. The molecule has 2 aliphatic rings. The molecule has 0 aliphatic heterocycles. The van der Waals surface area contributed by atoms with Crippen molar-refractivity contribution in [1.29, 1.82) is 0 Å². The van der Waals surface area contributed by atoms with E-state index in [1.165, 1.54) is 18.7 Å². The number of carboxylic acid groups (broad SMARTS) is 1. The first-order valence-corrected chi connectivity index (χ1v) is 6.75. The van der Waals surface area contributed by atoms with Crippen LogP contribution in [0.15, 0.2) is 17.8 Å². The van der Waals surface area contributed by atoms with Gasteiger partial charge < -0.3 is 10.2 Å². The van der Waals surface area contributed by atoms with Gasteiger partial charge in [-0.25, -0.2) is 4.79 Å². The Balaban J connectivity index is 1.94. The fourth-order valence-electron chi connectivity index (χ4n) is 3.18. The van der Waals surface area contributed by atoms with E-state index in [2.05, 4.69) is 4.98 Å². The molecule has 0 aromatic carbocycles. The fraction of sp³-hybridized carbons (Fsp3) is 0.467. The number of carboxylic acids is 1. The largest absolute Gasteiger partial charge is 0.478 e. The van der Waals surface area contributed by atoms with E-state index < -0.39 is 11.6 Å². The molecule has 0 bridgehead atoms. The molecule has 100 valence electrons. The van der Waals surface area contributed by atoms with E-state index in [4.69, 9.17) is 0 Å². The van der Waals surface area contributed by atoms with Crippen LogP contribution in [-0.4, -0.2) is 26.8 Å². The molecule has 0 saturated heterocycles. The van der Waals surface area contributed by atoms with Crippen LogP contribution in [0.5, 0.6) is 0 Å². The van der Waals surface area contributed by atoms with Crippen molar-refractivity contribution < 1.29 is 15.0 Å². The lowest BCUT2D eigenvalue weighted by atomic mass is 9.78. The van der Waals surface area contributed by atoms with Crippen molar-refractivity contribution in [2.45, 2.75) is 44.1 Å². The maximum absolute atomic E-state index is 11.2. The van der Waals surface area contributed by atoms with Crippen LogP contribution < -0.4 is 0 Å². The Labute approximate surface area is 111 Å². The van der Waals surface area contributed by atoms with Gasteiger partial charge in [0.05, 0.1) is 16.9 Å². The molecule has 1 saturated carbocycles. The van der Waals surface area contributed by atoms with Gasteiger partial charge in [0, 0.05) is 6.20 Å². The zero-order valence-corrected chi connectivity index (χ0v) is 10.7. The van der Waals surface area contributed by atoms with Crippen molar-refractivity contribution in [1.82, 2.24) is 4.98 Å². The van der Waals surface area contributed by atoms with Crippen molar-refractivity contribution in [3.63, 3.8) is 0 Å². The summed E-state index contributed by atoms with van der Waals surface area (Å²) in [7, 11) is 0. The van der Waals surface area contributed by atoms with Crippen LogP contribution in [-0.2, 0) is 6.42 Å². The van der Waals surface area contributed by atoms with Crippen LogP contribution in [0.2, 0.25) is 0 Å². The minimum absolute atomic E-state index is 0.302. The summed E-state index contributed by atoms with van der Waals surface area (Å²) in [4.78, 5) is 15.4. The third-order valence-electron chi connectivity index (χ3n) is 4.28. The summed E-state index contributed by atoms with van der Waals surface area (Å²) in [5, 5.41) is 19.9. The zero-order chi connectivity index (χ0) is 13.5. The van der Waals surface area contributed by atoms with E-state index in [1.54, 1.807) is 0 Å². The van der Waals surface area contributed by atoms with Gasteiger partial charge in [0.2, 0.25) is 0 Å². The molecule has 0 atom stereocenters. The Morgan fingerprint density at radius 1 is 1.26 bits per heavy atom. The third kappa shape index (κ3) is 2.06. The lowest BCUT2D eigenvalue weighted by molar-refractivity contribution is 0.0389. The molecule has 0 amide bonds. The predicted octanol–water partition coefficient (Wildman–Crippen LogP) is 2.41. The first kappa shape index (κ1) is 12.4. The highest BCUT2D eigenvalue weighted by molar-refractivity contribution is 5.91. The Hall–Kier alpha value is -1.68. The molecule has 1 aromatic rings. The second-order valence-corrected chi connectivity index (χ2v) is 5.47. The molecular weight excluding hydrogens is 242 g/mol. The number of aromatic carboxylic acids is 1. The van der Waals surface area contributed by atoms with Crippen molar-refractivity contribution in [3.05, 3.63) is 34.7 Å². The molecule has 0 unspecified atom stereocenters. The smallest absolute Gasteiger partial charge is 0.336 e. The quantitative estimate of drug-likeness (QED) is 0.855. The van der Waals surface area contributed by atoms with Gasteiger partial charge in [-0.05, 0) is 42.5 Å². The van der Waals surface area contributed by atoms with Crippen molar-refractivity contribution in [3.8, 4) is 0 Å². The van der Waals surface area contributed by atoms with Crippen LogP contribution in [0, 0.1) is 0 Å². The molecule has 19 heavy (non-hydrogen) atoms. The summed E-state index contributed by atoms with van der Waals surface area (Å²) in [6, 6.07) is 1.53. The van der Waals surface area contributed by atoms with Gasteiger partial charge in [-0.15, -0.1) is 0 Å². The summed E-state index contributed by atoms with van der Waals surface area (Å²) < 4.78 is 0. The average Bonchev–Trinajstić information content (AvgIpc) is 2.83. The molecular formula is C15H17NO3. The van der Waals surface area contributed by atoms with E-state index in [-0.39, 0.29) is 0 Å². The SMILES string of the molecule is O=C(O)c1ccnc2c1CC(C1(O)CCCCC1)=C2. The highest BCUT2D eigenvalue weighted by atomic mass is 16.4. The number of nitrogens with zero attached hydrogens (tertiary/aromatic N) is 1. The van der Waals surface area contributed by atoms with E-state index in [9.17, 15) is 15.0 Å². The van der Waals surface area contributed by atoms with Crippen molar-refractivity contribution in [2.24, 2.45) is 0 Å². The minimum atomic E-state index is -0.927. The lowest BCUT2D eigenvalue weighted by Crippen LogP contribution is -2.33. The van der Waals surface area contributed by atoms with Crippen LogP contribution in [0.1, 0.15) is 53.7 Å². The van der Waals surface area contributed by atoms with E-state index in [1.807, 2.05) is 6.08 Å². The first-order chi connectivity index (χ1) is 9.10. The molecule has 2 aliphatic carbocycles. The van der Waals surface area contributed by atoms with Gasteiger partial charge in [-0.1, -0.05) is 19.3 Å². The summed E-state index contributed by atoms with van der Waals surface area (Å²) >= 11 is 0. The summed E-state index contributed by atoms with van der Waals surface area (Å²) in [5.41, 5.74) is 1.92. The molecule has 4 nitrogen and oxygen atoms in total. The molecule has 2 N–H and O–H groups in total.